The number of hydrogen-bond acceptors (Lipinski definition) is 7. The third-order valence-electron chi connectivity index (χ3n) is 8.56. The monoisotopic (exact) mass is 597 g/mol. The Morgan fingerprint density at radius 2 is 1.95 bits per heavy atom. The highest BCUT2D eigenvalue weighted by atomic mass is 32.2. The minimum Gasteiger partial charge on any atom is -0.476 e. The predicted molar refractivity (Wildman–Crippen MR) is 157 cm³/mol. The molecule has 3 aliphatic rings. The Kier molecular flexibility index (Phi) is 7.46. The first-order valence-electron chi connectivity index (χ1n) is 14.2. The van der Waals surface area contributed by atoms with Gasteiger partial charge in [0.05, 0.1) is 47.8 Å². The molecule has 2 unspecified atom stereocenters. The first-order chi connectivity index (χ1) is 20.1. The molecule has 3 aromatic rings. The fourth-order valence-electron chi connectivity index (χ4n) is 6.10. The summed E-state index contributed by atoms with van der Waals surface area (Å²) in [6.07, 6.45) is 7.48. The summed E-state index contributed by atoms with van der Waals surface area (Å²) in [6, 6.07) is 7.70. The smallest absolute Gasteiger partial charge is 0.272 e. The molecule has 1 aliphatic carbocycles. The SMILES string of the molecule is CC(CC=O)S(=O)Nc1cc(-c2ccc3ncc4c(c3c2)C2(CCC2)C(=O)N4C)cnc1OCCCN1CC(F)(F)C1. The number of nitrogens with zero attached hydrogens (tertiary/aromatic N) is 4. The summed E-state index contributed by atoms with van der Waals surface area (Å²) in [4.78, 5) is 36.7. The van der Waals surface area contributed by atoms with Crippen LogP contribution in [-0.2, 0) is 26.0 Å². The lowest BCUT2D eigenvalue weighted by molar-refractivity contribution is -0.130. The number of pyridine rings is 2. The van der Waals surface area contributed by atoms with Crippen LogP contribution in [0, 0.1) is 0 Å². The predicted octanol–water partition coefficient (Wildman–Crippen LogP) is 4.47. The highest BCUT2D eigenvalue weighted by Crippen LogP contribution is 2.55. The van der Waals surface area contributed by atoms with E-state index < -0.39 is 27.6 Å². The Hall–Kier alpha value is -3.51. The van der Waals surface area contributed by atoms with Crippen molar-refractivity contribution >= 4 is 45.5 Å². The van der Waals surface area contributed by atoms with Gasteiger partial charge in [-0.05, 0) is 49.9 Å². The molecule has 1 aromatic carbocycles. The van der Waals surface area contributed by atoms with E-state index in [0.29, 0.717) is 18.7 Å². The molecule has 9 nitrogen and oxygen atoms in total. The number of aldehydes is 1. The molecule has 42 heavy (non-hydrogen) atoms. The van der Waals surface area contributed by atoms with Gasteiger partial charge in [0, 0.05) is 42.7 Å². The molecule has 2 aromatic heterocycles. The number of nitrogens with one attached hydrogen (secondary N) is 1. The van der Waals surface area contributed by atoms with Crippen LogP contribution >= 0.6 is 0 Å². The highest BCUT2D eigenvalue weighted by molar-refractivity contribution is 7.87. The zero-order chi connectivity index (χ0) is 29.6. The summed E-state index contributed by atoms with van der Waals surface area (Å²) in [5.41, 5.74) is 4.18. The molecule has 1 amide bonds. The zero-order valence-electron chi connectivity index (χ0n) is 23.6. The summed E-state index contributed by atoms with van der Waals surface area (Å²) < 4.78 is 48.0. The molecule has 1 saturated carbocycles. The van der Waals surface area contributed by atoms with Crippen LogP contribution in [0.15, 0.2) is 36.7 Å². The molecule has 0 bridgehead atoms. The average Bonchev–Trinajstić information content (AvgIpc) is 3.17. The van der Waals surface area contributed by atoms with Crippen molar-refractivity contribution in [2.45, 2.75) is 55.6 Å². The van der Waals surface area contributed by atoms with Crippen LogP contribution in [0.3, 0.4) is 0 Å². The summed E-state index contributed by atoms with van der Waals surface area (Å²) >= 11 is 0. The van der Waals surface area contributed by atoms with Gasteiger partial charge in [-0.2, -0.15) is 0 Å². The third-order valence-corrected chi connectivity index (χ3v) is 9.91. The van der Waals surface area contributed by atoms with Crippen LogP contribution in [0.5, 0.6) is 5.88 Å². The maximum absolute atomic E-state index is 13.2. The Bertz CT molecular complexity index is 1570. The van der Waals surface area contributed by atoms with Crippen molar-refractivity contribution < 1.29 is 27.3 Å². The molecule has 0 radical (unpaired) electrons. The van der Waals surface area contributed by atoms with Crippen LogP contribution in [0.25, 0.3) is 22.0 Å². The number of alkyl halides is 2. The number of likely N-dealkylation sites (tertiary alicyclic amines) is 1. The number of anilines is 2. The number of carbonyl (C=O) groups is 2. The lowest BCUT2D eigenvalue weighted by atomic mass is 9.64. The maximum Gasteiger partial charge on any atom is 0.272 e. The first-order valence-corrected chi connectivity index (χ1v) is 15.4. The molecular weight excluding hydrogens is 564 g/mol. The van der Waals surface area contributed by atoms with E-state index in [2.05, 4.69) is 14.7 Å². The molecule has 2 aliphatic heterocycles. The van der Waals surface area contributed by atoms with Gasteiger partial charge in [-0.25, -0.2) is 18.0 Å². The van der Waals surface area contributed by atoms with Gasteiger partial charge in [-0.1, -0.05) is 12.5 Å². The Morgan fingerprint density at radius 3 is 2.64 bits per heavy atom. The molecule has 2 fully saturated rings. The normalized spacial score (nSPS) is 20.1. The Labute approximate surface area is 245 Å². The van der Waals surface area contributed by atoms with Gasteiger partial charge < -0.3 is 19.2 Å². The first kappa shape index (κ1) is 28.6. The molecule has 12 heteroatoms. The second kappa shape index (κ2) is 11.0. The molecule has 1 saturated heterocycles. The van der Waals surface area contributed by atoms with E-state index in [-0.39, 0.29) is 37.9 Å². The lowest BCUT2D eigenvalue weighted by Crippen LogP contribution is -2.56. The number of fused-ring (bicyclic) bond motifs is 4. The number of ether oxygens (including phenoxy) is 1. The van der Waals surface area contributed by atoms with Gasteiger partial charge in [0.2, 0.25) is 11.8 Å². The van der Waals surface area contributed by atoms with E-state index in [0.717, 1.165) is 58.8 Å². The summed E-state index contributed by atoms with van der Waals surface area (Å²) in [5, 5.41) is 0.492. The van der Waals surface area contributed by atoms with Crippen molar-refractivity contribution in [3.8, 4) is 17.0 Å². The number of likely N-dealkylation sites (N-methyl/N-ethyl adjacent to an activating group) is 1. The number of halogens is 2. The molecular formula is C30H33F2N5O4S. The standard InChI is InChI=1S/C30H33F2N5O4S/c1-19(7-11-38)42(40)35-24-14-21(15-34-27(24)41-12-4-10-37-17-30(31,32)18-37)20-5-6-23-22(13-20)26-25(16-33-23)36(2)28(39)29(26)8-3-9-29/h5-6,11,13-16,19,35H,3-4,7-10,12,17-18H2,1-2H3. The number of amides is 1. The van der Waals surface area contributed by atoms with Gasteiger partial charge in [-0.3, -0.25) is 14.7 Å². The van der Waals surface area contributed by atoms with Crippen molar-refractivity contribution in [2.24, 2.45) is 0 Å². The second-order valence-corrected chi connectivity index (χ2v) is 13.1. The van der Waals surface area contributed by atoms with E-state index in [4.69, 9.17) is 4.74 Å². The number of benzene rings is 1. The second-order valence-electron chi connectivity index (χ2n) is 11.5. The van der Waals surface area contributed by atoms with E-state index in [1.54, 1.807) is 42.2 Å². The minimum atomic E-state index is -2.61. The molecule has 2 atom stereocenters. The topological polar surface area (TPSA) is 105 Å². The van der Waals surface area contributed by atoms with Crippen molar-refractivity contribution in [2.75, 3.05) is 42.9 Å². The summed E-state index contributed by atoms with van der Waals surface area (Å²) in [6.45, 7) is 1.96. The third kappa shape index (κ3) is 5.04. The van der Waals surface area contributed by atoms with Gasteiger partial charge in [0.15, 0.2) is 0 Å². The number of rotatable bonds is 11. The van der Waals surface area contributed by atoms with Crippen molar-refractivity contribution in [3.05, 3.63) is 42.2 Å². The number of carbonyl (C=O) groups excluding carboxylic acids is 2. The van der Waals surface area contributed by atoms with Crippen LogP contribution in [0.4, 0.5) is 20.2 Å². The molecule has 6 rings (SSSR count). The van der Waals surface area contributed by atoms with Gasteiger partial charge >= 0.3 is 0 Å². The zero-order valence-corrected chi connectivity index (χ0v) is 24.4. The largest absolute Gasteiger partial charge is 0.476 e. The summed E-state index contributed by atoms with van der Waals surface area (Å²) in [5.74, 6) is -2.25. The molecule has 222 valence electrons. The average molecular weight is 598 g/mol. The van der Waals surface area contributed by atoms with Gasteiger partial charge in [-0.15, -0.1) is 0 Å². The van der Waals surface area contributed by atoms with E-state index in [9.17, 15) is 22.6 Å². The van der Waals surface area contributed by atoms with Gasteiger partial charge in [0.25, 0.3) is 5.92 Å². The number of aromatic nitrogens is 2. The van der Waals surface area contributed by atoms with E-state index >= 15 is 0 Å². The van der Waals surface area contributed by atoms with Crippen molar-refractivity contribution in [1.82, 2.24) is 14.9 Å². The quantitative estimate of drug-likeness (QED) is 0.257. The highest BCUT2D eigenvalue weighted by Gasteiger charge is 2.54. The Balaban J connectivity index is 1.29. The molecule has 1 spiro atoms. The van der Waals surface area contributed by atoms with Crippen LogP contribution in [0.1, 0.15) is 44.6 Å². The van der Waals surface area contributed by atoms with Crippen LogP contribution in [-0.4, -0.2) is 75.7 Å². The van der Waals surface area contributed by atoms with E-state index in [1.165, 1.54) is 0 Å². The van der Waals surface area contributed by atoms with Gasteiger partial charge in [0.1, 0.15) is 23.0 Å². The van der Waals surface area contributed by atoms with Crippen molar-refractivity contribution in [3.63, 3.8) is 0 Å². The fourth-order valence-corrected chi connectivity index (χ4v) is 6.92. The van der Waals surface area contributed by atoms with Crippen molar-refractivity contribution in [1.29, 1.82) is 0 Å². The van der Waals surface area contributed by atoms with Crippen LogP contribution in [0.2, 0.25) is 0 Å². The molecule has 4 heterocycles. The fraction of sp³-hybridized carbons (Fsp3) is 0.467. The number of hydrogen-bond donors (Lipinski definition) is 1. The molecule has 1 N–H and O–H groups in total. The summed E-state index contributed by atoms with van der Waals surface area (Å²) in [7, 11) is 0.216. The van der Waals surface area contributed by atoms with Crippen LogP contribution < -0.4 is 14.4 Å². The Morgan fingerprint density at radius 1 is 1.17 bits per heavy atom. The lowest BCUT2D eigenvalue weighted by Gasteiger charge is -2.38. The van der Waals surface area contributed by atoms with E-state index in [1.807, 2.05) is 18.2 Å². The maximum atomic E-state index is 13.2. The minimum absolute atomic E-state index is 0.118.